The fourth-order valence-corrected chi connectivity index (χ4v) is 3.34. The summed E-state index contributed by atoms with van der Waals surface area (Å²) in [7, 11) is 3.44. The Hall–Kier alpha value is -2.87. The van der Waals surface area contributed by atoms with E-state index >= 15 is 0 Å². The number of alkyl halides is 2. The molecule has 1 aliphatic rings. The number of benzene rings is 2. The summed E-state index contributed by atoms with van der Waals surface area (Å²) in [6, 6.07) is 9.89. The van der Waals surface area contributed by atoms with Crippen LogP contribution in [0.3, 0.4) is 0 Å². The maximum Gasteiger partial charge on any atom is 0.387 e. The Bertz CT molecular complexity index is 868. The molecule has 0 aromatic heterocycles. The number of halogens is 2. The van der Waals surface area contributed by atoms with Crippen molar-refractivity contribution in [2.75, 3.05) is 50.6 Å². The Kier molecular flexibility index (Phi) is 6.53. The van der Waals surface area contributed by atoms with Gasteiger partial charge in [-0.1, -0.05) is 0 Å². The first kappa shape index (κ1) is 20.9. The molecule has 2 aromatic rings. The van der Waals surface area contributed by atoms with Crippen LogP contribution in [-0.4, -0.2) is 57.8 Å². The van der Waals surface area contributed by atoms with E-state index in [1.807, 2.05) is 25.1 Å². The monoisotopic (exact) mass is 405 g/mol. The molecule has 0 radical (unpaired) electrons. The molecule has 1 N–H and O–H groups in total. The molecule has 29 heavy (non-hydrogen) atoms. The highest BCUT2D eigenvalue weighted by molar-refractivity contribution is 6.04. The van der Waals surface area contributed by atoms with E-state index in [-0.39, 0.29) is 23.0 Å². The summed E-state index contributed by atoms with van der Waals surface area (Å²) in [5.41, 5.74) is 3.18. The molecule has 6 nitrogen and oxygen atoms in total. The molecule has 1 saturated heterocycles. The van der Waals surface area contributed by atoms with Crippen molar-refractivity contribution in [3.63, 3.8) is 0 Å². The lowest BCUT2D eigenvalue weighted by atomic mass is 10.1. The van der Waals surface area contributed by atoms with Crippen molar-refractivity contribution in [2.45, 2.75) is 13.5 Å². The van der Waals surface area contributed by atoms with Crippen molar-refractivity contribution in [3.8, 4) is 11.5 Å². The van der Waals surface area contributed by atoms with Crippen molar-refractivity contribution < 1.29 is 23.0 Å². The molecular weight excluding hydrogens is 380 g/mol. The second kappa shape index (κ2) is 9.09. The van der Waals surface area contributed by atoms with Crippen LogP contribution in [0.25, 0.3) is 0 Å². The third-order valence-corrected chi connectivity index (χ3v) is 4.94. The quantitative estimate of drug-likeness (QED) is 0.796. The minimum Gasteiger partial charge on any atom is -0.493 e. The van der Waals surface area contributed by atoms with Gasteiger partial charge in [-0.15, -0.1) is 0 Å². The van der Waals surface area contributed by atoms with Crippen molar-refractivity contribution in [1.82, 2.24) is 4.90 Å². The van der Waals surface area contributed by atoms with E-state index in [4.69, 9.17) is 4.74 Å². The van der Waals surface area contributed by atoms with Crippen LogP contribution in [-0.2, 0) is 0 Å². The van der Waals surface area contributed by atoms with Gasteiger partial charge in [-0.2, -0.15) is 8.78 Å². The lowest BCUT2D eigenvalue weighted by Gasteiger charge is -2.35. The number of likely N-dealkylation sites (N-methyl/N-ethyl adjacent to an activating group) is 1. The number of piperazine rings is 1. The molecule has 0 spiro atoms. The molecule has 0 saturated carbocycles. The normalized spacial score (nSPS) is 14.8. The van der Waals surface area contributed by atoms with E-state index in [0.29, 0.717) is 5.69 Å². The van der Waals surface area contributed by atoms with Crippen LogP contribution in [0.5, 0.6) is 11.5 Å². The summed E-state index contributed by atoms with van der Waals surface area (Å²) in [4.78, 5) is 17.2. The van der Waals surface area contributed by atoms with Crippen LogP contribution < -0.4 is 19.7 Å². The van der Waals surface area contributed by atoms with E-state index in [1.165, 1.54) is 25.3 Å². The molecule has 1 amide bonds. The summed E-state index contributed by atoms with van der Waals surface area (Å²) in [6.07, 6.45) is 0. The summed E-state index contributed by atoms with van der Waals surface area (Å²) in [5.74, 6) is -0.412. The lowest BCUT2D eigenvalue weighted by Crippen LogP contribution is -2.44. The fraction of sp³-hybridized carbons (Fsp3) is 0.381. The Balaban J connectivity index is 1.71. The van der Waals surface area contributed by atoms with Gasteiger partial charge in [0.15, 0.2) is 11.5 Å². The predicted octanol–water partition coefficient (Wildman–Crippen LogP) is 3.61. The SMILES string of the molecule is COc1cc(C(=O)Nc2ccc(N3CCN(C)CC3)c(C)c2)ccc1OC(F)F. The van der Waals surface area contributed by atoms with Gasteiger partial charge < -0.3 is 24.6 Å². The topological polar surface area (TPSA) is 54.0 Å². The smallest absolute Gasteiger partial charge is 0.387 e. The number of aryl methyl sites for hydroxylation is 1. The van der Waals surface area contributed by atoms with Gasteiger partial charge in [-0.05, 0) is 55.9 Å². The van der Waals surface area contributed by atoms with E-state index < -0.39 is 6.61 Å². The molecule has 0 bridgehead atoms. The zero-order chi connectivity index (χ0) is 21.0. The highest BCUT2D eigenvalue weighted by Crippen LogP contribution is 2.30. The summed E-state index contributed by atoms with van der Waals surface area (Å²) in [5, 5.41) is 2.84. The van der Waals surface area contributed by atoms with Gasteiger partial charge in [0.25, 0.3) is 5.91 Å². The highest BCUT2D eigenvalue weighted by Gasteiger charge is 2.17. The molecule has 3 rings (SSSR count). The number of hydrogen-bond donors (Lipinski definition) is 1. The molecule has 2 aromatic carbocycles. The number of nitrogens with zero attached hydrogens (tertiary/aromatic N) is 2. The largest absolute Gasteiger partial charge is 0.493 e. The fourth-order valence-electron chi connectivity index (χ4n) is 3.34. The average molecular weight is 405 g/mol. The molecule has 1 aliphatic heterocycles. The van der Waals surface area contributed by atoms with E-state index in [0.717, 1.165) is 37.4 Å². The molecule has 156 valence electrons. The van der Waals surface area contributed by atoms with Gasteiger partial charge in [0, 0.05) is 43.1 Å². The molecule has 0 aliphatic carbocycles. The van der Waals surface area contributed by atoms with Gasteiger partial charge in [0.2, 0.25) is 0 Å². The molecule has 1 heterocycles. The first-order chi connectivity index (χ1) is 13.9. The van der Waals surface area contributed by atoms with Gasteiger partial charge in [-0.25, -0.2) is 0 Å². The van der Waals surface area contributed by atoms with E-state index in [1.54, 1.807) is 0 Å². The first-order valence-electron chi connectivity index (χ1n) is 9.35. The number of rotatable bonds is 6. The van der Waals surface area contributed by atoms with Crippen LogP contribution >= 0.6 is 0 Å². The van der Waals surface area contributed by atoms with Crippen molar-refractivity contribution >= 4 is 17.3 Å². The standard InChI is InChI=1S/C21H25F2N3O3/c1-14-12-16(5-6-17(14)26-10-8-25(2)9-11-26)24-20(27)15-4-7-18(29-21(22)23)19(13-15)28-3/h4-7,12-13,21H,8-11H2,1-3H3,(H,24,27). The van der Waals surface area contributed by atoms with Crippen LogP contribution in [0.1, 0.15) is 15.9 Å². The van der Waals surface area contributed by atoms with E-state index in [9.17, 15) is 13.6 Å². The minimum absolute atomic E-state index is 0.0690. The van der Waals surface area contributed by atoms with Gasteiger partial charge in [0.1, 0.15) is 0 Å². The zero-order valence-electron chi connectivity index (χ0n) is 16.7. The number of methoxy groups -OCH3 is 1. The number of carbonyl (C=O) groups excluding carboxylic acids is 1. The Labute approximate surface area is 169 Å². The third-order valence-electron chi connectivity index (χ3n) is 4.94. The molecule has 8 heteroatoms. The molecule has 0 unspecified atom stereocenters. The summed E-state index contributed by atoms with van der Waals surface area (Å²) >= 11 is 0. The lowest BCUT2D eigenvalue weighted by molar-refractivity contribution is -0.0512. The summed E-state index contributed by atoms with van der Waals surface area (Å²) < 4.78 is 34.3. The van der Waals surface area contributed by atoms with Crippen molar-refractivity contribution in [1.29, 1.82) is 0 Å². The van der Waals surface area contributed by atoms with Gasteiger partial charge in [0.05, 0.1) is 7.11 Å². The average Bonchev–Trinajstić information content (AvgIpc) is 2.69. The van der Waals surface area contributed by atoms with Crippen LogP contribution in [0.4, 0.5) is 20.2 Å². The minimum atomic E-state index is -2.97. The van der Waals surface area contributed by atoms with Gasteiger partial charge in [-0.3, -0.25) is 4.79 Å². The third kappa shape index (κ3) is 5.14. The number of ether oxygens (including phenoxy) is 2. The number of anilines is 2. The Morgan fingerprint density at radius 2 is 1.79 bits per heavy atom. The molecule has 1 fully saturated rings. The first-order valence-corrected chi connectivity index (χ1v) is 9.35. The maximum absolute atomic E-state index is 12.6. The number of hydrogen-bond acceptors (Lipinski definition) is 5. The van der Waals surface area contributed by atoms with Gasteiger partial charge >= 0.3 is 6.61 Å². The Morgan fingerprint density at radius 1 is 1.07 bits per heavy atom. The zero-order valence-corrected chi connectivity index (χ0v) is 16.7. The Morgan fingerprint density at radius 3 is 2.41 bits per heavy atom. The van der Waals surface area contributed by atoms with Crippen molar-refractivity contribution in [2.24, 2.45) is 0 Å². The van der Waals surface area contributed by atoms with Crippen LogP contribution in [0, 0.1) is 6.92 Å². The number of nitrogens with one attached hydrogen (secondary N) is 1. The second-order valence-electron chi connectivity index (χ2n) is 6.99. The highest BCUT2D eigenvalue weighted by atomic mass is 19.3. The second-order valence-corrected chi connectivity index (χ2v) is 6.99. The van der Waals surface area contributed by atoms with Crippen LogP contribution in [0.2, 0.25) is 0 Å². The van der Waals surface area contributed by atoms with E-state index in [2.05, 4.69) is 26.9 Å². The van der Waals surface area contributed by atoms with Crippen LogP contribution in [0.15, 0.2) is 36.4 Å². The number of carbonyl (C=O) groups is 1. The molecular formula is C21H25F2N3O3. The maximum atomic E-state index is 12.6. The molecule has 0 atom stereocenters. The van der Waals surface area contributed by atoms with Crippen molar-refractivity contribution in [3.05, 3.63) is 47.5 Å². The number of amides is 1. The summed E-state index contributed by atoms with van der Waals surface area (Å²) in [6.45, 7) is 3.02. The predicted molar refractivity (Wildman–Crippen MR) is 108 cm³/mol.